The van der Waals surface area contributed by atoms with Crippen LogP contribution in [0.15, 0.2) is 18.5 Å². The fourth-order valence-corrected chi connectivity index (χ4v) is 1.18. The fourth-order valence-electron chi connectivity index (χ4n) is 0.712. The van der Waals surface area contributed by atoms with Gasteiger partial charge in [-0.25, -0.2) is 0 Å². The number of aromatic nitrogens is 1. The van der Waals surface area contributed by atoms with Gasteiger partial charge in [0.05, 0.1) is 9.67 Å². The molecule has 0 aliphatic heterocycles. The summed E-state index contributed by atoms with van der Waals surface area (Å²) >= 11 is 2.21. The molecule has 0 N–H and O–H groups in total. The minimum absolute atomic E-state index is 0.228. The van der Waals surface area contributed by atoms with E-state index in [9.17, 15) is 0 Å². The van der Waals surface area contributed by atoms with Crippen LogP contribution in [0.4, 0.5) is 0 Å². The summed E-state index contributed by atoms with van der Waals surface area (Å²) in [5, 5.41) is 0. The molecular formula is C8H10INO. The Balaban J connectivity index is 2.78. The molecule has 0 radical (unpaired) electrons. The van der Waals surface area contributed by atoms with E-state index in [0.717, 1.165) is 9.32 Å². The van der Waals surface area contributed by atoms with Crippen LogP contribution in [0.25, 0.3) is 0 Å². The van der Waals surface area contributed by atoms with Crippen LogP contribution in [0.5, 0.6) is 5.75 Å². The summed E-state index contributed by atoms with van der Waals surface area (Å²) in [4.78, 5) is 3.96. The Morgan fingerprint density at radius 1 is 1.55 bits per heavy atom. The fraction of sp³-hybridized carbons (Fsp3) is 0.375. The molecule has 1 aromatic heterocycles. The van der Waals surface area contributed by atoms with Gasteiger partial charge in [-0.3, -0.25) is 4.98 Å². The molecule has 0 aliphatic rings. The second-order valence-corrected chi connectivity index (χ2v) is 3.63. The molecule has 60 valence electrons. The Bertz CT molecular complexity index is 237. The maximum Gasteiger partial charge on any atom is 0.136 e. The van der Waals surface area contributed by atoms with Gasteiger partial charge < -0.3 is 4.74 Å². The highest BCUT2D eigenvalue weighted by Crippen LogP contribution is 2.19. The Morgan fingerprint density at radius 3 is 2.82 bits per heavy atom. The molecule has 0 saturated heterocycles. The average Bonchev–Trinajstić information content (AvgIpc) is 1.93. The Hall–Kier alpha value is -0.320. The molecule has 0 saturated carbocycles. The zero-order valence-electron chi connectivity index (χ0n) is 6.54. The lowest BCUT2D eigenvalue weighted by atomic mass is 10.4. The van der Waals surface area contributed by atoms with E-state index in [0.29, 0.717) is 0 Å². The van der Waals surface area contributed by atoms with E-state index in [1.165, 1.54) is 0 Å². The lowest BCUT2D eigenvalue weighted by Gasteiger charge is -2.09. The van der Waals surface area contributed by atoms with E-state index in [4.69, 9.17) is 4.74 Å². The molecule has 1 aromatic rings. The zero-order chi connectivity index (χ0) is 8.27. The van der Waals surface area contributed by atoms with Crippen molar-refractivity contribution in [3.05, 3.63) is 22.0 Å². The molecule has 0 unspecified atom stereocenters. The van der Waals surface area contributed by atoms with Crippen LogP contribution in [-0.2, 0) is 0 Å². The molecule has 1 heterocycles. The predicted molar refractivity (Wildman–Crippen MR) is 52.7 cm³/mol. The molecule has 0 spiro atoms. The highest BCUT2D eigenvalue weighted by molar-refractivity contribution is 14.1. The van der Waals surface area contributed by atoms with Crippen molar-refractivity contribution in [2.75, 3.05) is 0 Å². The zero-order valence-corrected chi connectivity index (χ0v) is 8.70. The first-order valence-corrected chi connectivity index (χ1v) is 4.54. The van der Waals surface area contributed by atoms with Crippen molar-refractivity contribution in [2.45, 2.75) is 20.0 Å². The second kappa shape index (κ2) is 3.90. The van der Waals surface area contributed by atoms with Crippen molar-refractivity contribution >= 4 is 22.6 Å². The minimum Gasteiger partial charge on any atom is -0.490 e. The van der Waals surface area contributed by atoms with E-state index in [1.807, 2.05) is 19.9 Å². The molecule has 0 aromatic carbocycles. The van der Waals surface area contributed by atoms with Crippen molar-refractivity contribution in [3.63, 3.8) is 0 Å². The van der Waals surface area contributed by atoms with Crippen molar-refractivity contribution in [2.24, 2.45) is 0 Å². The van der Waals surface area contributed by atoms with Gasteiger partial charge in [-0.1, -0.05) is 0 Å². The van der Waals surface area contributed by atoms with Crippen LogP contribution >= 0.6 is 22.6 Å². The minimum atomic E-state index is 0.228. The number of hydrogen-bond acceptors (Lipinski definition) is 2. The van der Waals surface area contributed by atoms with Crippen molar-refractivity contribution in [3.8, 4) is 5.75 Å². The highest BCUT2D eigenvalue weighted by Gasteiger charge is 2.00. The Labute approximate surface area is 80.1 Å². The van der Waals surface area contributed by atoms with Crippen LogP contribution < -0.4 is 4.74 Å². The first-order valence-electron chi connectivity index (χ1n) is 3.46. The van der Waals surface area contributed by atoms with Gasteiger partial charge in [0.1, 0.15) is 5.75 Å². The number of ether oxygens (including phenoxy) is 1. The summed E-state index contributed by atoms with van der Waals surface area (Å²) < 4.78 is 6.55. The average molecular weight is 263 g/mol. The standard InChI is InChI=1S/C8H10INO/c1-6(2)11-8-3-4-10-5-7(8)9/h3-6H,1-2H3. The molecular weight excluding hydrogens is 253 g/mol. The summed E-state index contributed by atoms with van der Waals surface area (Å²) in [6.45, 7) is 4.02. The molecule has 0 amide bonds. The summed E-state index contributed by atoms with van der Waals surface area (Å²) in [7, 11) is 0. The van der Waals surface area contributed by atoms with Gasteiger partial charge in [-0.05, 0) is 42.5 Å². The van der Waals surface area contributed by atoms with Gasteiger partial charge in [-0.15, -0.1) is 0 Å². The van der Waals surface area contributed by atoms with Gasteiger partial charge in [0, 0.05) is 12.4 Å². The van der Waals surface area contributed by atoms with Crippen molar-refractivity contribution < 1.29 is 4.74 Å². The van der Waals surface area contributed by atoms with Gasteiger partial charge in [-0.2, -0.15) is 0 Å². The lowest BCUT2D eigenvalue weighted by Crippen LogP contribution is -2.06. The normalized spacial score (nSPS) is 10.2. The van der Waals surface area contributed by atoms with Gasteiger partial charge >= 0.3 is 0 Å². The van der Waals surface area contributed by atoms with Crippen LogP contribution in [0.1, 0.15) is 13.8 Å². The van der Waals surface area contributed by atoms with E-state index >= 15 is 0 Å². The maximum atomic E-state index is 5.50. The lowest BCUT2D eigenvalue weighted by molar-refractivity contribution is 0.240. The third-order valence-electron chi connectivity index (χ3n) is 1.10. The van der Waals surface area contributed by atoms with E-state index in [-0.39, 0.29) is 6.10 Å². The molecule has 0 aliphatic carbocycles. The van der Waals surface area contributed by atoms with Crippen molar-refractivity contribution in [1.29, 1.82) is 0 Å². The third kappa shape index (κ3) is 2.65. The van der Waals surface area contributed by atoms with Crippen LogP contribution in [-0.4, -0.2) is 11.1 Å². The van der Waals surface area contributed by atoms with Gasteiger partial charge in [0.2, 0.25) is 0 Å². The first-order chi connectivity index (χ1) is 5.20. The van der Waals surface area contributed by atoms with Gasteiger partial charge in [0.25, 0.3) is 0 Å². The topological polar surface area (TPSA) is 22.1 Å². The summed E-state index contributed by atoms with van der Waals surface area (Å²) in [6, 6.07) is 1.88. The Morgan fingerprint density at radius 2 is 2.27 bits per heavy atom. The highest BCUT2D eigenvalue weighted by atomic mass is 127. The monoisotopic (exact) mass is 263 g/mol. The van der Waals surface area contributed by atoms with Gasteiger partial charge in [0.15, 0.2) is 0 Å². The molecule has 0 bridgehead atoms. The van der Waals surface area contributed by atoms with Crippen LogP contribution in [0.3, 0.4) is 0 Å². The molecule has 11 heavy (non-hydrogen) atoms. The summed E-state index contributed by atoms with van der Waals surface area (Å²) in [5.41, 5.74) is 0. The molecule has 3 heteroatoms. The molecule has 2 nitrogen and oxygen atoms in total. The number of nitrogens with zero attached hydrogens (tertiary/aromatic N) is 1. The van der Waals surface area contributed by atoms with E-state index < -0.39 is 0 Å². The largest absolute Gasteiger partial charge is 0.490 e. The summed E-state index contributed by atoms with van der Waals surface area (Å²) in [5.74, 6) is 0.913. The van der Waals surface area contributed by atoms with Crippen LogP contribution in [0, 0.1) is 3.57 Å². The SMILES string of the molecule is CC(C)Oc1ccncc1I. The molecule has 0 fully saturated rings. The van der Waals surface area contributed by atoms with E-state index in [1.54, 1.807) is 12.4 Å². The third-order valence-corrected chi connectivity index (χ3v) is 1.91. The maximum absolute atomic E-state index is 5.50. The smallest absolute Gasteiger partial charge is 0.136 e. The van der Waals surface area contributed by atoms with E-state index in [2.05, 4.69) is 27.6 Å². The second-order valence-electron chi connectivity index (χ2n) is 2.47. The number of pyridine rings is 1. The molecule has 1 rings (SSSR count). The van der Waals surface area contributed by atoms with Crippen LogP contribution in [0.2, 0.25) is 0 Å². The predicted octanol–water partition coefficient (Wildman–Crippen LogP) is 2.47. The number of hydrogen-bond donors (Lipinski definition) is 0. The summed E-state index contributed by atoms with van der Waals surface area (Å²) in [6.07, 6.45) is 3.75. The Kier molecular flexibility index (Phi) is 3.11. The first kappa shape index (κ1) is 8.77. The quantitative estimate of drug-likeness (QED) is 0.765. The van der Waals surface area contributed by atoms with Crippen molar-refractivity contribution in [1.82, 2.24) is 4.98 Å². The number of rotatable bonds is 2. The molecule has 0 atom stereocenters. The number of halogens is 1.